The third-order valence-electron chi connectivity index (χ3n) is 11.6. The van der Waals surface area contributed by atoms with Gasteiger partial charge >= 0.3 is 12.2 Å². The summed E-state index contributed by atoms with van der Waals surface area (Å²) >= 11 is 0. The van der Waals surface area contributed by atoms with E-state index in [0.717, 1.165) is 86.5 Å². The monoisotopic (exact) mass is 776 g/mol. The molecule has 0 aliphatic carbocycles. The average molecular weight is 777 g/mol. The zero-order chi connectivity index (χ0) is 40.2. The van der Waals surface area contributed by atoms with Crippen LogP contribution in [0.4, 0.5) is 15.3 Å². The number of carbonyl (C=O) groups excluding carboxylic acids is 3. The lowest BCUT2D eigenvalue weighted by atomic mass is 9.90. The smallest absolute Gasteiger partial charge is 0.410 e. The summed E-state index contributed by atoms with van der Waals surface area (Å²) in [7, 11) is 2.99. The van der Waals surface area contributed by atoms with E-state index in [2.05, 4.69) is 52.8 Å². The number of aromatic amines is 1. The van der Waals surface area contributed by atoms with Crippen molar-refractivity contribution in [3.63, 3.8) is 0 Å². The summed E-state index contributed by atoms with van der Waals surface area (Å²) < 4.78 is 22.5. The van der Waals surface area contributed by atoms with Crippen LogP contribution in [0, 0.1) is 11.8 Å². The van der Waals surface area contributed by atoms with Gasteiger partial charge in [-0.15, -0.1) is 0 Å². The Hall–Kier alpha value is -5.43. The second-order valence-electron chi connectivity index (χ2n) is 17.0. The number of hydrogen-bond donors (Lipinski definition) is 2. The normalized spacial score (nSPS) is 20.5. The lowest BCUT2D eigenvalue weighted by Crippen LogP contribution is -2.51. The Morgan fingerprint density at radius 2 is 1.86 bits per heavy atom. The first-order valence-electron chi connectivity index (χ1n) is 19.9. The lowest BCUT2D eigenvalue weighted by Gasteiger charge is -2.30. The Morgan fingerprint density at radius 3 is 2.61 bits per heavy atom. The van der Waals surface area contributed by atoms with E-state index in [-0.39, 0.29) is 35.9 Å². The van der Waals surface area contributed by atoms with E-state index in [4.69, 9.17) is 28.9 Å². The summed E-state index contributed by atoms with van der Waals surface area (Å²) in [6.45, 7) is 11.6. The zero-order valence-electron chi connectivity index (χ0n) is 33.8. The molecule has 4 aliphatic heterocycles. The molecule has 3 aromatic carbocycles. The van der Waals surface area contributed by atoms with Crippen molar-refractivity contribution >= 4 is 40.3 Å². The van der Waals surface area contributed by atoms with Crippen LogP contribution in [-0.4, -0.2) is 95.2 Å². The molecule has 1 aromatic heterocycles. The quantitative estimate of drug-likeness (QED) is 0.185. The highest BCUT2D eigenvalue weighted by Crippen LogP contribution is 2.45. The van der Waals surface area contributed by atoms with Gasteiger partial charge in [-0.3, -0.25) is 14.7 Å². The molecule has 13 heteroatoms. The number of carbonyl (C=O) groups is 3. The molecule has 3 amide bonds. The fraction of sp³-hybridized carbons (Fsp3) is 0.477. The van der Waals surface area contributed by atoms with Crippen LogP contribution in [0.5, 0.6) is 5.75 Å². The molecule has 4 aliphatic rings. The highest BCUT2D eigenvalue weighted by Gasteiger charge is 2.42. The van der Waals surface area contributed by atoms with Crippen molar-refractivity contribution in [2.24, 2.45) is 16.8 Å². The highest BCUT2D eigenvalue weighted by molar-refractivity contribution is 6.06. The molecule has 0 radical (unpaired) electrons. The van der Waals surface area contributed by atoms with E-state index in [0.29, 0.717) is 32.7 Å². The first-order chi connectivity index (χ1) is 27.3. The Morgan fingerprint density at radius 1 is 1.04 bits per heavy atom. The molecule has 0 spiro atoms. The molecule has 300 valence electrons. The number of ether oxygens (including phenoxy) is 4. The number of aromatic nitrogens is 2. The largest absolute Gasteiger partial charge is 0.488 e. The number of fused-ring (bicyclic) bond motifs is 6. The molecular weight excluding hydrogens is 725 g/mol. The minimum atomic E-state index is -0.692. The summed E-state index contributed by atoms with van der Waals surface area (Å²) in [4.78, 5) is 56.0. The number of amides is 3. The second-order valence-corrected chi connectivity index (χ2v) is 17.0. The van der Waals surface area contributed by atoms with Crippen LogP contribution in [0.15, 0.2) is 53.7 Å². The number of benzene rings is 3. The van der Waals surface area contributed by atoms with Gasteiger partial charge in [0.1, 0.15) is 29.8 Å². The fourth-order valence-corrected chi connectivity index (χ4v) is 8.85. The average Bonchev–Trinajstić information content (AvgIpc) is 4.01. The van der Waals surface area contributed by atoms with Gasteiger partial charge in [-0.05, 0) is 103 Å². The van der Waals surface area contributed by atoms with Crippen LogP contribution in [0.2, 0.25) is 0 Å². The Kier molecular flexibility index (Phi) is 10.2. The number of nitrogens with one attached hydrogen (secondary N) is 2. The van der Waals surface area contributed by atoms with Gasteiger partial charge in [0.25, 0.3) is 0 Å². The molecular formula is C44H52N6O7. The molecule has 4 atom stereocenters. The number of methoxy groups -OCH3 is 2. The number of rotatable bonds is 8. The summed E-state index contributed by atoms with van der Waals surface area (Å²) in [6.07, 6.45) is 3.94. The van der Waals surface area contributed by atoms with Crippen LogP contribution in [0.25, 0.3) is 33.2 Å². The van der Waals surface area contributed by atoms with Gasteiger partial charge in [-0.1, -0.05) is 32.0 Å². The Balaban J connectivity index is 1.01. The minimum Gasteiger partial charge on any atom is -0.488 e. The van der Waals surface area contributed by atoms with E-state index < -0.39 is 17.7 Å². The standard InChI is InChI=1S/C44H52N6O7/c1-24(2)39(48-42(52)55-7)41(51)49-14-8-9-36(49)40-45-20-35(47-40)27-10-12-29-28(16-27)23-56-38-19-30-26(17-32(29)38)11-13-33-31(30)18-34(46-33)37-15-25(22-54-6)21-50(37)43(53)57-44(3,4)5/h10-13,16-17,19-20,24-25,36-37,39H,8-9,14-15,18,21-23H2,1-7H3,(H,45,47)(H,48,52)/t25-,36-,37-,39?/m0/s1. The summed E-state index contributed by atoms with van der Waals surface area (Å²) in [5.41, 5.74) is 7.52. The maximum Gasteiger partial charge on any atom is 0.410 e. The third kappa shape index (κ3) is 7.45. The molecule has 2 fully saturated rings. The molecule has 2 N–H and O–H groups in total. The predicted octanol–water partition coefficient (Wildman–Crippen LogP) is 7.73. The molecule has 0 saturated carbocycles. The maximum atomic E-state index is 13.6. The van der Waals surface area contributed by atoms with Crippen molar-refractivity contribution < 1.29 is 33.3 Å². The van der Waals surface area contributed by atoms with Gasteiger partial charge in [0.05, 0.1) is 43.4 Å². The second kappa shape index (κ2) is 15.1. The molecule has 4 aromatic rings. The molecule has 2 saturated heterocycles. The van der Waals surface area contributed by atoms with E-state index in [1.54, 1.807) is 7.11 Å². The van der Waals surface area contributed by atoms with Crippen molar-refractivity contribution in [1.82, 2.24) is 25.1 Å². The summed E-state index contributed by atoms with van der Waals surface area (Å²) in [6, 6.07) is 13.9. The van der Waals surface area contributed by atoms with Gasteiger partial charge in [-0.2, -0.15) is 0 Å². The molecule has 57 heavy (non-hydrogen) atoms. The molecule has 8 rings (SSSR count). The van der Waals surface area contributed by atoms with Gasteiger partial charge < -0.3 is 34.1 Å². The Bertz CT molecular complexity index is 2260. The van der Waals surface area contributed by atoms with Crippen molar-refractivity contribution in [3.8, 4) is 28.1 Å². The summed E-state index contributed by atoms with van der Waals surface area (Å²) in [5.74, 6) is 1.52. The van der Waals surface area contributed by atoms with E-state index >= 15 is 0 Å². The first-order valence-corrected chi connectivity index (χ1v) is 19.9. The SMILES string of the molecule is COC[C@H]1C[C@@H](C2=Nc3ccc4cc5c(cc4c3C2)OCc2cc(-c3cnc([C@@H]4CCCN4C(=O)C(NC(=O)OC)C(C)C)[nH]3)ccc2-5)N(C(=O)OC(C)(C)C)C1. The number of likely N-dealkylation sites (tertiary alicyclic amines) is 2. The van der Waals surface area contributed by atoms with Crippen LogP contribution in [-0.2, 0) is 32.0 Å². The number of hydrogen-bond acceptors (Lipinski definition) is 9. The van der Waals surface area contributed by atoms with Gasteiger partial charge in [0, 0.05) is 43.8 Å². The van der Waals surface area contributed by atoms with Crippen LogP contribution >= 0.6 is 0 Å². The number of aliphatic imine (C=N–C) groups is 1. The van der Waals surface area contributed by atoms with Crippen molar-refractivity contribution in [2.75, 3.05) is 33.9 Å². The van der Waals surface area contributed by atoms with Gasteiger partial charge in [0.15, 0.2) is 0 Å². The number of H-pyrrole nitrogens is 1. The van der Waals surface area contributed by atoms with Crippen molar-refractivity contribution in [2.45, 2.75) is 90.6 Å². The fourth-order valence-electron chi connectivity index (χ4n) is 8.85. The van der Waals surface area contributed by atoms with Gasteiger partial charge in [0.2, 0.25) is 5.91 Å². The topological polar surface area (TPSA) is 148 Å². The number of alkyl carbamates (subject to hydrolysis) is 1. The Labute approximate surface area is 333 Å². The minimum absolute atomic E-state index is 0.108. The summed E-state index contributed by atoms with van der Waals surface area (Å²) in [5, 5.41) is 4.92. The molecule has 1 unspecified atom stereocenters. The predicted molar refractivity (Wildman–Crippen MR) is 217 cm³/mol. The third-order valence-corrected chi connectivity index (χ3v) is 11.6. The van der Waals surface area contributed by atoms with Crippen LogP contribution in [0.3, 0.4) is 0 Å². The zero-order valence-corrected chi connectivity index (χ0v) is 33.8. The molecule has 5 heterocycles. The number of imidazole rings is 1. The van der Waals surface area contributed by atoms with Gasteiger partial charge in [-0.25, -0.2) is 14.6 Å². The molecule has 13 nitrogen and oxygen atoms in total. The van der Waals surface area contributed by atoms with E-state index in [1.165, 1.54) is 7.11 Å². The first kappa shape index (κ1) is 38.4. The molecule has 0 bridgehead atoms. The van der Waals surface area contributed by atoms with Crippen molar-refractivity contribution in [1.29, 1.82) is 0 Å². The lowest BCUT2D eigenvalue weighted by molar-refractivity contribution is -0.135. The van der Waals surface area contributed by atoms with E-state index in [1.807, 2.05) is 50.6 Å². The highest BCUT2D eigenvalue weighted by atomic mass is 16.6. The van der Waals surface area contributed by atoms with E-state index in [9.17, 15) is 14.4 Å². The maximum absolute atomic E-state index is 13.6. The number of nitrogens with zero attached hydrogens (tertiary/aromatic N) is 4. The van der Waals surface area contributed by atoms with Crippen LogP contribution in [0.1, 0.15) is 76.9 Å². The van der Waals surface area contributed by atoms with Crippen LogP contribution < -0.4 is 10.1 Å². The van der Waals surface area contributed by atoms with Crippen molar-refractivity contribution in [3.05, 3.63) is 65.6 Å².